The average molecular weight is 199 g/mol. The van der Waals surface area contributed by atoms with E-state index in [0.717, 1.165) is 0 Å². The van der Waals surface area contributed by atoms with E-state index in [2.05, 4.69) is 56.9 Å². The first kappa shape index (κ1) is 10.2. The first-order valence-corrected chi connectivity index (χ1v) is 5.35. The summed E-state index contributed by atoms with van der Waals surface area (Å²) >= 11 is 0. The van der Waals surface area contributed by atoms with Crippen molar-refractivity contribution in [1.82, 2.24) is 4.98 Å². The van der Waals surface area contributed by atoms with E-state index in [1.807, 2.05) is 6.20 Å². The molecule has 78 valence electrons. The minimum Gasteiger partial charge on any atom is -0.260 e. The van der Waals surface area contributed by atoms with E-state index < -0.39 is 0 Å². The van der Waals surface area contributed by atoms with Gasteiger partial charge in [0.15, 0.2) is 0 Å². The summed E-state index contributed by atoms with van der Waals surface area (Å²) in [6, 6.07) is 8.51. The topological polar surface area (TPSA) is 12.9 Å². The summed E-state index contributed by atoms with van der Waals surface area (Å²) in [6.45, 7) is 8.76. The van der Waals surface area contributed by atoms with Crippen LogP contribution < -0.4 is 0 Å². The summed E-state index contributed by atoms with van der Waals surface area (Å²) in [6.07, 6.45) is 1.91. The predicted molar refractivity (Wildman–Crippen MR) is 65.2 cm³/mol. The Labute approximate surface area is 91.2 Å². The zero-order chi connectivity index (χ0) is 11.1. The van der Waals surface area contributed by atoms with Crippen LogP contribution in [0, 0.1) is 6.92 Å². The maximum absolute atomic E-state index is 4.52. The Kier molecular flexibility index (Phi) is 2.26. The van der Waals surface area contributed by atoms with E-state index >= 15 is 0 Å². The molecule has 1 aromatic carbocycles. The number of fused-ring (bicyclic) bond motifs is 1. The Morgan fingerprint density at radius 2 is 1.73 bits per heavy atom. The summed E-state index contributed by atoms with van der Waals surface area (Å²) in [7, 11) is 0. The van der Waals surface area contributed by atoms with Crippen molar-refractivity contribution >= 4 is 10.8 Å². The molecule has 0 aliphatic heterocycles. The van der Waals surface area contributed by atoms with Crippen LogP contribution in [0.1, 0.15) is 32.0 Å². The van der Waals surface area contributed by atoms with Gasteiger partial charge < -0.3 is 0 Å². The summed E-state index contributed by atoms with van der Waals surface area (Å²) in [5.41, 5.74) is 2.61. The highest BCUT2D eigenvalue weighted by Crippen LogP contribution is 2.28. The van der Waals surface area contributed by atoms with Crippen molar-refractivity contribution in [3.8, 4) is 0 Å². The van der Waals surface area contributed by atoms with Gasteiger partial charge in [0.05, 0.1) is 5.69 Å². The SMILES string of the molecule is Cc1cccc2c(C(C)(C)C)nccc12. The number of rotatable bonds is 0. The summed E-state index contributed by atoms with van der Waals surface area (Å²) in [5.74, 6) is 0. The standard InChI is InChI=1S/C14H17N/c1-10-6-5-7-12-11(10)8-9-15-13(12)14(2,3)4/h5-9H,1-4H3. The first-order chi connectivity index (χ1) is 7.00. The lowest BCUT2D eigenvalue weighted by atomic mass is 9.87. The molecule has 0 radical (unpaired) electrons. The molecule has 0 fully saturated rings. The predicted octanol–water partition coefficient (Wildman–Crippen LogP) is 3.84. The van der Waals surface area contributed by atoms with Gasteiger partial charge in [0.25, 0.3) is 0 Å². The van der Waals surface area contributed by atoms with Crippen LogP contribution in [0.15, 0.2) is 30.5 Å². The smallest absolute Gasteiger partial charge is 0.0535 e. The Hall–Kier alpha value is -1.37. The molecule has 0 aliphatic rings. The van der Waals surface area contributed by atoms with Gasteiger partial charge in [-0.1, -0.05) is 39.0 Å². The maximum atomic E-state index is 4.52. The van der Waals surface area contributed by atoms with Gasteiger partial charge in [0.2, 0.25) is 0 Å². The summed E-state index contributed by atoms with van der Waals surface area (Å²) in [4.78, 5) is 4.52. The second-order valence-corrected chi connectivity index (χ2v) is 5.08. The molecule has 0 N–H and O–H groups in total. The zero-order valence-electron chi connectivity index (χ0n) is 9.83. The van der Waals surface area contributed by atoms with E-state index in [4.69, 9.17) is 0 Å². The highest BCUT2D eigenvalue weighted by Gasteiger charge is 2.18. The Morgan fingerprint density at radius 1 is 1.00 bits per heavy atom. The van der Waals surface area contributed by atoms with Crippen molar-refractivity contribution in [2.75, 3.05) is 0 Å². The van der Waals surface area contributed by atoms with Gasteiger partial charge in [0, 0.05) is 17.0 Å². The zero-order valence-corrected chi connectivity index (χ0v) is 9.83. The molecule has 0 bridgehead atoms. The van der Waals surface area contributed by atoms with Crippen molar-refractivity contribution in [3.05, 3.63) is 41.7 Å². The molecular formula is C14H17N. The average Bonchev–Trinajstić information content (AvgIpc) is 2.16. The third-order valence-electron chi connectivity index (χ3n) is 2.73. The van der Waals surface area contributed by atoms with Gasteiger partial charge in [-0.05, 0) is 23.9 Å². The monoisotopic (exact) mass is 199 g/mol. The molecule has 0 unspecified atom stereocenters. The van der Waals surface area contributed by atoms with Gasteiger partial charge in [0.1, 0.15) is 0 Å². The molecule has 0 spiro atoms. The van der Waals surface area contributed by atoms with Crippen LogP contribution in [-0.2, 0) is 5.41 Å². The highest BCUT2D eigenvalue weighted by atomic mass is 14.7. The van der Waals surface area contributed by atoms with Gasteiger partial charge in [-0.25, -0.2) is 0 Å². The molecule has 1 heterocycles. The fraction of sp³-hybridized carbons (Fsp3) is 0.357. The third kappa shape index (κ3) is 1.74. The van der Waals surface area contributed by atoms with E-state index in [1.54, 1.807) is 0 Å². The number of aromatic nitrogens is 1. The lowest BCUT2D eigenvalue weighted by Gasteiger charge is -2.20. The van der Waals surface area contributed by atoms with Crippen LogP contribution in [0.4, 0.5) is 0 Å². The normalized spacial score (nSPS) is 12.0. The van der Waals surface area contributed by atoms with Gasteiger partial charge >= 0.3 is 0 Å². The van der Waals surface area contributed by atoms with Crippen molar-refractivity contribution < 1.29 is 0 Å². The van der Waals surface area contributed by atoms with Crippen molar-refractivity contribution in [2.24, 2.45) is 0 Å². The van der Waals surface area contributed by atoms with Crippen LogP contribution in [0.25, 0.3) is 10.8 Å². The van der Waals surface area contributed by atoms with Crippen molar-refractivity contribution in [1.29, 1.82) is 0 Å². The molecule has 0 atom stereocenters. The minimum absolute atomic E-state index is 0.104. The highest BCUT2D eigenvalue weighted by molar-refractivity contribution is 5.87. The number of pyridine rings is 1. The molecule has 1 heteroatoms. The fourth-order valence-electron chi connectivity index (χ4n) is 1.96. The van der Waals surface area contributed by atoms with Crippen LogP contribution in [0.2, 0.25) is 0 Å². The van der Waals surface area contributed by atoms with E-state index in [1.165, 1.54) is 22.0 Å². The maximum Gasteiger partial charge on any atom is 0.0535 e. The Morgan fingerprint density at radius 3 is 2.40 bits per heavy atom. The molecule has 0 saturated carbocycles. The van der Waals surface area contributed by atoms with Crippen molar-refractivity contribution in [3.63, 3.8) is 0 Å². The molecule has 15 heavy (non-hydrogen) atoms. The lowest BCUT2D eigenvalue weighted by molar-refractivity contribution is 0.575. The Balaban J connectivity index is 2.83. The largest absolute Gasteiger partial charge is 0.260 e. The second kappa shape index (κ2) is 3.34. The number of nitrogens with zero attached hydrogens (tertiary/aromatic N) is 1. The van der Waals surface area contributed by atoms with Crippen molar-refractivity contribution in [2.45, 2.75) is 33.1 Å². The van der Waals surface area contributed by atoms with Crippen LogP contribution in [-0.4, -0.2) is 4.98 Å². The molecule has 0 saturated heterocycles. The first-order valence-electron chi connectivity index (χ1n) is 5.35. The minimum atomic E-state index is 0.104. The van der Waals surface area contributed by atoms with Crippen LogP contribution >= 0.6 is 0 Å². The van der Waals surface area contributed by atoms with Crippen LogP contribution in [0.5, 0.6) is 0 Å². The Bertz CT molecular complexity index is 492. The van der Waals surface area contributed by atoms with Crippen LogP contribution in [0.3, 0.4) is 0 Å². The van der Waals surface area contributed by atoms with E-state index in [-0.39, 0.29) is 5.41 Å². The number of hydrogen-bond acceptors (Lipinski definition) is 1. The fourth-order valence-corrected chi connectivity index (χ4v) is 1.96. The van der Waals surface area contributed by atoms with E-state index in [0.29, 0.717) is 0 Å². The second-order valence-electron chi connectivity index (χ2n) is 5.08. The van der Waals surface area contributed by atoms with Gasteiger partial charge in [-0.2, -0.15) is 0 Å². The molecule has 2 aromatic rings. The molecule has 0 aliphatic carbocycles. The number of hydrogen-bond donors (Lipinski definition) is 0. The third-order valence-corrected chi connectivity index (χ3v) is 2.73. The summed E-state index contributed by atoms with van der Waals surface area (Å²) < 4.78 is 0. The molecule has 0 amide bonds. The quantitative estimate of drug-likeness (QED) is 0.628. The molecule has 1 nitrogen and oxygen atoms in total. The number of benzene rings is 1. The van der Waals surface area contributed by atoms with Gasteiger partial charge in [-0.15, -0.1) is 0 Å². The molecule has 2 rings (SSSR count). The molecule has 1 aromatic heterocycles. The summed E-state index contributed by atoms with van der Waals surface area (Å²) in [5, 5.41) is 2.60. The lowest BCUT2D eigenvalue weighted by Crippen LogP contribution is -2.13. The number of aryl methyl sites for hydroxylation is 1. The van der Waals surface area contributed by atoms with Gasteiger partial charge in [-0.3, -0.25) is 4.98 Å². The van der Waals surface area contributed by atoms with E-state index in [9.17, 15) is 0 Å². The molecular weight excluding hydrogens is 182 g/mol.